The van der Waals surface area contributed by atoms with Gasteiger partial charge < -0.3 is 9.84 Å². The van der Waals surface area contributed by atoms with Crippen molar-refractivity contribution in [2.45, 2.75) is 46.6 Å². The largest absolute Gasteiger partial charge is 0.478 e. The van der Waals surface area contributed by atoms with E-state index in [2.05, 4.69) is 9.97 Å². The lowest BCUT2D eigenvalue weighted by molar-refractivity contribution is 0.0627. The first-order valence-electron chi connectivity index (χ1n) is 6.05. The highest BCUT2D eigenvalue weighted by Crippen LogP contribution is 2.22. The Hall–Kier alpha value is -1.16. The molecule has 1 aromatic rings. The van der Waals surface area contributed by atoms with Crippen LogP contribution in [0.25, 0.3) is 0 Å². The third kappa shape index (κ3) is 4.69. The first-order chi connectivity index (χ1) is 7.93. The zero-order valence-electron chi connectivity index (χ0n) is 11.1. The predicted molar refractivity (Wildman–Crippen MR) is 67.0 cm³/mol. The predicted octanol–water partition coefficient (Wildman–Crippen LogP) is 2.21. The molecule has 0 radical (unpaired) electrons. The van der Waals surface area contributed by atoms with Crippen LogP contribution in [0.3, 0.4) is 0 Å². The van der Waals surface area contributed by atoms with Gasteiger partial charge in [0.05, 0.1) is 18.4 Å². The second-order valence-corrected chi connectivity index (χ2v) is 5.28. The summed E-state index contributed by atoms with van der Waals surface area (Å²) >= 11 is 0. The van der Waals surface area contributed by atoms with Crippen molar-refractivity contribution >= 4 is 0 Å². The molecule has 17 heavy (non-hydrogen) atoms. The van der Waals surface area contributed by atoms with Crippen molar-refractivity contribution in [2.24, 2.45) is 5.41 Å². The van der Waals surface area contributed by atoms with Crippen molar-refractivity contribution in [3.05, 3.63) is 18.1 Å². The summed E-state index contributed by atoms with van der Waals surface area (Å²) in [6, 6.07) is 1.80. The lowest BCUT2D eigenvalue weighted by Crippen LogP contribution is -2.28. The van der Waals surface area contributed by atoms with Crippen molar-refractivity contribution in [1.82, 2.24) is 9.97 Å². The van der Waals surface area contributed by atoms with E-state index in [4.69, 9.17) is 4.74 Å². The molecule has 0 saturated carbocycles. The third-order valence-electron chi connectivity index (χ3n) is 2.55. The summed E-state index contributed by atoms with van der Waals surface area (Å²) in [4.78, 5) is 8.18. The summed E-state index contributed by atoms with van der Waals surface area (Å²) in [6.45, 7) is 8.72. The summed E-state index contributed by atoms with van der Waals surface area (Å²) in [6.07, 6.45) is 2.53. The van der Waals surface area contributed by atoms with Gasteiger partial charge in [0.15, 0.2) is 0 Å². The van der Waals surface area contributed by atoms with Crippen LogP contribution in [0, 0.1) is 5.41 Å². The van der Waals surface area contributed by atoms with Gasteiger partial charge in [-0.15, -0.1) is 0 Å². The molecule has 0 aliphatic heterocycles. The number of hydrogen-bond acceptors (Lipinski definition) is 4. The van der Waals surface area contributed by atoms with Crippen molar-refractivity contribution in [1.29, 1.82) is 0 Å². The summed E-state index contributed by atoms with van der Waals surface area (Å²) in [7, 11) is 0. The fourth-order valence-electron chi connectivity index (χ4n) is 1.28. The summed E-state index contributed by atoms with van der Waals surface area (Å²) in [5, 5.41) is 10.0. The van der Waals surface area contributed by atoms with E-state index in [0.717, 1.165) is 12.1 Å². The highest BCUT2D eigenvalue weighted by Gasteiger charge is 2.22. The molecule has 0 aliphatic rings. The Morgan fingerprint density at radius 2 is 2.06 bits per heavy atom. The zero-order valence-corrected chi connectivity index (χ0v) is 11.1. The monoisotopic (exact) mass is 238 g/mol. The lowest BCUT2D eigenvalue weighted by atomic mass is 9.86. The number of rotatable bonds is 5. The molecule has 0 bridgehead atoms. The fraction of sp³-hybridized carbons (Fsp3) is 0.692. The Balaban J connectivity index is 2.65. The van der Waals surface area contributed by atoms with E-state index < -0.39 is 6.10 Å². The molecule has 1 heterocycles. The van der Waals surface area contributed by atoms with E-state index >= 15 is 0 Å². The molecule has 4 heteroatoms. The van der Waals surface area contributed by atoms with Crippen LogP contribution < -0.4 is 4.74 Å². The van der Waals surface area contributed by atoms with Crippen LogP contribution in [0.15, 0.2) is 12.4 Å². The molecule has 0 aliphatic carbocycles. The fourth-order valence-corrected chi connectivity index (χ4v) is 1.28. The normalized spacial score (nSPS) is 13.5. The Morgan fingerprint density at radius 1 is 1.35 bits per heavy atom. The van der Waals surface area contributed by atoms with Gasteiger partial charge in [0.2, 0.25) is 5.88 Å². The van der Waals surface area contributed by atoms with Crippen LogP contribution in [0.5, 0.6) is 5.88 Å². The lowest BCUT2D eigenvalue weighted by Gasteiger charge is -2.25. The highest BCUT2D eigenvalue weighted by atomic mass is 16.5. The van der Waals surface area contributed by atoms with Gasteiger partial charge in [-0.1, -0.05) is 27.7 Å². The molecule has 96 valence electrons. The second-order valence-electron chi connectivity index (χ2n) is 5.28. The third-order valence-corrected chi connectivity index (χ3v) is 2.55. The summed E-state index contributed by atoms with van der Waals surface area (Å²) in [5.41, 5.74) is 0.670. The Morgan fingerprint density at radius 3 is 2.65 bits per heavy atom. The van der Waals surface area contributed by atoms with E-state index in [1.807, 2.05) is 27.7 Å². The minimum Gasteiger partial charge on any atom is -0.478 e. The molecular formula is C13H22N2O2. The minimum absolute atomic E-state index is 0.143. The number of hydrogen-bond donors (Lipinski definition) is 1. The van der Waals surface area contributed by atoms with Gasteiger partial charge in [-0.2, -0.15) is 0 Å². The van der Waals surface area contributed by atoms with Crippen LogP contribution in [0.4, 0.5) is 0 Å². The van der Waals surface area contributed by atoms with Crippen LogP contribution in [-0.4, -0.2) is 27.8 Å². The first-order valence-corrected chi connectivity index (χ1v) is 6.05. The smallest absolute Gasteiger partial charge is 0.216 e. The Bertz CT molecular complexity index is 348. The summed E-state index contributed by atoms with van der Waals surface area (Å²) < 4.78 is 5.43. The molecular weight excluding hydrogens is 216 g/mol. The Kier molecular flexibility index (Phi) is 4.87. The molecule has 1 N–H and O–H groups in total. The number of ether oxygens (including phenoxy) is 1. The average Bonchev–Trinajstić information content (AvgIpc) is 2.25. The van der Waals surface area contributed by atoms with Crippen molar-refractivity contribution in [2.75, 3.05) is 6.61 Å². The van der Waals surface area contributed by atoms with E-state index in [0.29, 0.717) is 18.9 Å². The number of aliphatic hydroxyl groups is 1. The molecule has 0 spiro atoms. The van der Waals surface area contributed by atoms with E-state index in [9.17, 15) is 5.11 Å². The van der Waals surface area contributed by atoms with Gasteiger partial charge >= 0.3 is 0 Å². The van der Waals surface area contributed by atoms with E-state index in [-0.39, 0.29) is 5.41 Å². The van der Waals surface area contributed by atoms with Crippen LogP contribution >= 0.6 is 0 Å². The molecule has 1 aromatic heterocycles. The maximum atomic E-state index is 10.0. The maximum Gasteiger partial charge on any atom is 0.216 e. The first kappa shape index (κ1) is 13.9. The van der Waals surface area contributed by atoms with Crippen LogP contribution in [-0.2, 0) is 6.42 Å². The van der Waals surface area contributed by atoms with Crippen LogP contribution in [0.1, 0.15) is 39.8 Å². The molecule has 0 fully saturated rings. The molecule has 0 aromatic carbocycles. The molecule has 1 rings (SSSR count). The van der Waals surface area contributed by atoms with Gasteiger partial charge in [0.25, 0.3) is 0 Å². The quantitative estimate of drug-likeness (QED) is 0.854. The standard InChI is InChI=1S/C13H22N2O2/c1-5-6-17-12-8-10(14-9-15-12)7-11(16)13(2,3)4/h8-9,11,16H,5-7H2,1-4H3. The molecule has 0 amide bonds. The van der Waals surface area contributed by atoms with Crippen molar-refractivity contribution in [3.8, 4) is 5.88 Å². The second kappa shape index (κ2) is 5.96. The molecule has 4 nitrogen and oxygen atoms in total. The molecule has 0 saturated heterocycles. The zero-order chi connectivity index (χ0) is 12.9. The molecule has 1 atom stereocenters. The molecule has 1 unspecified atom stereocenters. The van der Waals surface area contributed by atoms with Gasteiger partial charge in [-0.25, -0.2) is 9.97 Å². The Labute approximate surface area is 103 Å². The number of nitrogens with zero attached hydrogens (tertiary/aromatic N) is 2. The van der Waals surface area contributed by atoms with Crippen molar-refractivity contribution in [3.63, 3.8) is 0 Å². The van der Waals surface area contributed by atoms with E-state index in [1.54, 1.807) is 6.07 Å². The maximum absolute atomic E-state index is 10.0. The van der Waals surface area contributed by atoms with Gasteiger partial charge in [0, 0.05) is 12.5 Å². The van der Waals surface area contributed by atoms with Gasteiger partial charge in [0.1, 0.15) is 6.33 Å². The topological polar surface area (TPSA) is 55.2 Å². The summed E-state index contributed by atoms with van der Waals surface area (Å²) in [5.74, 6) is 0.581. The minimum atomic E-state index is -0.420. The average molecular weight is 238 g/mol. The number of aromatic nitrogens is 2. The number of aliphatic hydroxyl groups excluding tert-OH is 1. The van der Waals surface area contributed by atoms with E-state index in [1.165, 1.54) is 6.33 Å². The van der Waals surface area contributed by atoms with Gasteiger partial charge in [-0.05, 0) is 11.8 Å². The SMILES string of the molecule is CCCOc1cc(CC(O)C(C)(C)C)ncn1. The highest BCUT2D eigenvalue weighted by molar-refractivity contribution is 5.14. The van der Waals surface area contributed by atoms with Crippen molar-refractivity contribution < 1.29 is 9.84 Å². The van der Waals surface area contributed by atoms with Gasteiger partial charge in [-0.3, -0.25) is 0 Å². The van der Waals surface area contributed by atoms with Crippen LogP contribution in [0.2, 0.25) is 0 Å².